The lowest BCUT2D eigenvalue weighted by atomic mass is 10.2. The highest BCUT2D eigenvalue weighted by atomic mass is 35.5. The summed E-state index contributed by atoms with van der Waals surface area (Å²) in [6.07, 6.45) is 0. The van der Waals surface area contributed by atoms with Gasteiger partial charge in [0.05, 0.1) is 5.88 Å². The van der Waals surface area contributed by atoms with E-state index in [0.29, 0.717) is 16.9 Å². The van der Waals surface area contributed by atoms with Crippen LogP contribution in [-0.4, -0.2) is 9.97 Å². The fourth-order valence-corrected chi connectivity index (χ4v) is 1.53. The predicted octanol–water partition coefficient (Wildman–Crippen LogP) is 2.96. The summed E-state index contributed by atoms with van der Waals surface area (Å²) in [5.41, 5.74) is 0.577. The highest BCUT2D eigenvalue weighted by Gasteiger charge is 2.11. The van der Waals surface area contributed by atoms with Crippen LogP contribution < -0.4 is 0 Å². The van der Waals surface area contributed by atoms with Crippen LogP contribution in [-0.2, 0) is 5.88 Å². The molecule has 15 heavy (non-hydrogen) atoms. The third kappa shape index (κ3) is 1.65. The molecule has 1 aromatic carbocycles. The van der Waals surface area contributed by atoms with Gasteiger partial charge in [-0.2, -0.15) is 0 Å². The van der Waals surface area contributed by atoms with E-state index in [-0.39, 0.29) is 11.4 Å². The first-order valence-corrected chi connectivity index (χ1v) is 4.84. The molecule has 0 saturated heterocycles. The van der Waals surface area contributed by atoms with Gasteiger partial charge < -0.3 is 0 Å². The molecule has 0 N–H and O–H groups in total. The van der Waals surface area contributed by atoms with Crippen molar-refractivity contribution in [3.63, 3.8) is 0 Å². The number of aromatic nitrogens is 2. The van der Waals surface area contributed by atoms with Gasteiger partial charge in [-0.3, -0.25) is 0 Å². The second-order valence-corrected chi connectivity index (χ2v) is 3.38. The third-order valence-corrected chi connectivity index (χ3v) is 2.36. The monoisotopic (exact) mass is 228 g/mol. The smallest absolute Gasteiger partial charge is 0.185 e. The minimum Gasteiger partial charge on any atom is -0.236 e. The summed E-state index contributed by atoms with van der Waals surface area (Å²) in [4.78, 5) is 7.92. The minimum absolute atomic E-state index is 0.0156. The topological polar surface area (TPSA) is 25.8 Å². The fourth-order valence-electron chi connectivity index (χ4n) is 1.41. The fraction of sp³-hybridized carbons (Fsp3) is 0.200. The van der Waals surface area contributed by atoms with E-state index < -0.39 is 11.6 Å². The Hall–Kier alpha value is -1.29. The first kappa shape index (κ1) is 10.2. The summed E-state index contributed by atoms with van der Waals surface area (Å²) in [5.74, 6) is -1.50. The van der Waals surface area contributed by atoms with Crippen LogP contribution in [0.1, 0.15) is 11.5 Å². The molecule has 1 heterocycles. The molecule has 2 rings (SSSR count). The number of rotatable bonds is 1. The average Bonchev–Trinajstić information content (AvgIpc) is 2.23. The molecule has 0 fully saturated rings. The van der Waals surface area contributed by atoms with E-state index in [9.17, 15) is 8.78 Å². The van der Waals surface area contributed by atoms with Crippen molar-refractivity contribution >= 4 is 22.5 Å². The van der Waals surface area contributed by atoms with Gasteiger partial charge in [-0.25, -0.2) is 18.7 Å². The molecule has 0 aliphatic heterocycles. The lowest BCUT2D eigenvalue weighted by Crippen LogP contribution is -1.99. The molecule has 0 amide bonds. The Balaban J connectivity index is 2.86. The molecule has 2 aromatic rings. The Morgan fingerprint density at radius 1 is 1.27 bits per heavy atom. The first-order chi connectivity index (χ1) is 7.13. The Morgan fingerprint density at radius 3 is 2.67 bits per heavy atom. The number of aryl methyl sites for hydroxylation is 1. The predicted molar refractivity (Wildman–Crippen MR) is 53.7 cm³/mol. The normalized spacial score (nSPS) is 10.9. The molecule has 0 aliphatic rings. The molecule has 0 unspecified atom stereocenters. The molecule has 0 aliphatic carbocycles. The van der Waals surface area contributed by atoms with Crippen molar-refractivity contribution < 1.29 is 8.78 Å². The van der Waals surface area contributed by atoms with E-state index in [1.807, 2.05) is 0 Å². The van der Waals surface area contributed by atoms with Gasteiger partial charge in [0.1, 0.15) is 11.3 Å². The van der Waals surface area contributed by atoms with E-state index in [4.69, 9.17) is 11.6 Å². The molecule has 78 valence electrons. The zero-order chi connectivity index (χ0) is 11.0. The molecule has 0 atom stereocenters. The Morgan fingerprint density at radius 2 is 2.00 bits per heavy atom. The Labute approximate surface area is 89.9 Å². The van der Waals surface area contributed by atoms with Crippen LogP contribution >= 0.6 is 11.6 Å². The SMILES string of the molecule is Cc1nc(CCl)nc2c(F)c(F)ccc12. The molecule has 0 radical (unpaired) electrons. The highest BCUT2D eigenvalue weighted by Crippen LogP contribution is 2.20. The maximum atomic E-state index is 13.4. The summed E-state index contributed by atoms with van der Waals surface area (Å²) < 4.78 is 26.3. The molecule has 0 saturated carbocycles. The minimum atomic E-state index is -0.954. The molecule has 1 aromatic heterocycles. The van der Waals surface area contributed by atoms with Crippen molar-refractivity contribution in [2.45, 2.75) is 12.8 Å². The number of fused-ring (bicyclic) bond motifs is 1. The van der Waals surface area contributed by atoms with E-state index in [0.717, 1.165) is 6.07 Å². The number of nitrogens with zero attached hydrogens (tertiary/aromatic N) is 2. The average molecular weight is 229 g/mol. The number of alkyl halides is 1. The number of halogens is 3. The maximum Gasteiger partial charge on any atom is 0.185 e. The van der Waals surface area contributed by atoms with Gasteiger partial charge in [0, 0.05) is 11.1 Å². The van der Waals surface area contributed by atoms with Crippen LogP contribution in [0.3, 0.4) is 0 Å². The molecule has 0 spiro atoms. The second-order valence-electron chi connectivity index (χ2n) is 3.12. The summed E-state index contributed by atoms with van der Waals surface area (Å²) in [7, 11) is 0. The van der Waals surface area contributed by atoms with Crippen LogP contribution in [0.15, 0.2) is 12.1 Å². The van der Waals surface area contributed by atoms with Gasteiger partial charge in [0.15, 0.2) is 11.6 Å². The van der Waals surface area contributed by atoms with Gasteiger partial charge in [-0.1, -0.05) is 0 Å². The van der Waals surface area contributed by atoms with Gasteiger partial charge in [0.2, 0.25) is 0 Å². The summed E-state index contributed by atoms with van der Waals surface area (Å²) in [5, 5.41) is 0.503. The van der Waals surface area contributed by atoms with Crippen LogP contribution in [0.5, 0.6) is 0 Å². The number of benzene rings is 1. The van der Waals surface area contributed by atoms with Crippen molar-refractivity contribution in [1.29, 1.82) is 0 Å². The quantitative estimate of drug-likeness (QED) is 0.702. The lowest BCUT2D eigenvalue weighted by molar-refractivity contribution is 0.515. The zero-order valence-corrected chi connectivity index (χ0v) is 8.65. The molecule has 0 bridgehead atoms. The number of hydrogen-bond donors (Lipinski definition) is 0. The zero-order valence-electron chi connectivity index (χ0n) is 7.89. The van der Waals surface area contributed by atoms with Crippen molar-refractivity contribution in [2.24, 2.45) is 0 Å². The van der Waals surface area contributed by atoms with Crippen LogP contribution in [0.2, 0.25) is 0 Å². The van der Waals surface area contributed by atoms with Gasteiger partial charge in [-0.15, -0.1) is 11.6 Å². The van der Waals surface area contributed by atoms with E-state index in [1.165, 1.54) is 6.07 Å². The van der Waals surface area contributed by atoms with Crippen molar-refractivity contribution in [3.8, 4) is 0 Å². The summed E-state index contributed by atoms with van der Waals surface area (Å²) >= 11 is 5.55. The third-order valence-electron chi connectivity index (χ3n) is 2.12. The van der Waals surface area contributed by atoms with Crippen LogP contribution in [0.4, 0.5) is 8.78 Å². The first-order valence-electron chi connectivity index (χ1n) is 4.30. The van der Waals surface area contributed by atoms with Crippen LogP contribution in [0.25, 0.3) is 10.9 Å². The Bertz CT molecular complexity index is 528. The van der Waals surface area contributed by atoms with E-state index in [1.54, 1.807) is 6.92 Å². The molecule has 2 nitrogen and oxygen atoms in total. The second kappa shape index (κ2) is 3.70. The summed E-state index contributed by atoms with van der Waals surface area (Å²) in [6, 6.07) is 2.52. The van der Waals surface area contributed by atoms with Gasteiger partial charge >= 0.3 is 0 Å². The number of hydrogen-bond acceptors (Lipinski definition) is 2. The largest absolute Gasteiger partial charge is 0.236 e. The summed E-state index contributed by atoms with van der Waals surface area (Å²) in [6.45, 7) is 1.71. The van der Waals surface area contributed by atoms with E-state index in [2.05, 4.69) is 9.97 Å². The Kier molecular flexibility index (Phi) is 2.52. The highest BCUT2D eigenvalue weighted by molar-refractivity contribution is 6.16. The van der Waals surface area contributed by atoms with Crippen molar-refractivity contribution in [2.75, 3.05) is 0 Å². The standard InChI is InChI=1S/C10H7ClF2N2/c1-5-6-2-3-7(12)9(13)10(6)15-8(4-11)14-5/h2-3H,4H2,1H3. The van der Waals surface area contributed by atoms with Crippen molar-refractivity contribution in [1.82, 2.24) is 9.97 Å². The van der Waals surface area contributed by atoms with Crippen molar-refractivity contribution in [3.05, 3.63) is 35.3 Å². The van der Waals surface area contributed by atoms with Crippen LogP contribution in [0, 0.1) is 18.6 Å². The molecular weight excluding hydrogens is 222 g/mol. The maximum absolute atomic E-state index is 13.4. The molecule has 5 heteroatoms. The molecular formula is C10H7ClF2N2. The van der Waals surface area contributed by atoms with E-state index >= 15 is 0 Å². The van der Waals surface area contributed by atoms with Gasteiger partial charge in [-0.05, 0) is 19.1 Å². The van der Waals surface area contributed by atoms with Gasteiger partial charge in [0.25, 0.3) is 0 Å². The lowest BCUT2D eigenvalue weighted by Gasteiger charge is -2.04.